The second kappa shape index (κ2) is 5.97. The zero-order valence-corrected chi connectivity index (χ0v) is 10.6. The predicted octanol–water partition coefficient (Wildman–Crippen LogP) is 4.67. The van der Waals surface area contributed by atoms with Gasteiger partial charge in [0, 0.05) is 11.8 Å². The minimum absolute atomic E-state index is 0.0668. The highest BCUT2D eigenvalue weighted by Crippen LogP contribution is 2.34. The van der Waals surface area contributed by atoms with E-state index in [1.807, 2.05) is 0 Å². The van der Waals surface area contributed by atoms with E-state index in [1.54, 1.807) is 0 Å². The summed E-state index contributed by atoms with van der Waals surface area (Å²) in [5.74, 6) is -0.597. The summed E-state index contributed by atoms with van der Waals surface area (Å²) in [5, 5.41) is -0.525. The second-order valence-electron chi connectivity index (χ2n) is 3.52. The predicted molar refractivity (Wildman–Crippen MR) is 66.6 cm³/mol. The van der Waals surface area contributed by atoms with Crippen LogP contribution in [0.5, 0.6) is 0 Å². The third-order valence-electron chi connectivity index (χ3n) is 2.00. The van der Waals surface area contributed by atoms with Crippen LogP contribution >= 0.6 is 11.6 Å². The van der Waals surface area contributed by atoms with Gasteiger partial charge in [0.1, 0.15) is 0 Å². The van der Waals surface area contributed by atoms with Crippen LogP contribution in [-0.2, 0) is 6.18 Å². The second-order valence-corrected chi connectivity index (χ2v) is 3.93. The SMILES string of the molecule is C=N/C=C(\C=C(/C)F)c1ccc(Cl)c(C(F)(F)F)n1. The van der Waals surface area contributed by atoms with E-state index < -0.39 is 22.7 Å². The van der Waals surface area contributed by atoms with Crippen molar-refractivity contribution in [2.24, 2.45) is 4.99 Å². The van der Waals surface area contributed by atoms with Crippen LogP contribution in [0.3, 0.4) is 0 Å². The van der Waals surface area contributed by atoms with Gasteiger partial charge in [-0.25, -0.2) is 9.37 Å². The zero-order valence-electron chi connectivity index (χ0n) is 9.80. The van der Waals surface area contributed by atoms with E-state index >= 15 is 0 Å². The van der Waals surface area contributed by atoms with Crippen LogP contribution in [0.1, 0.15) is 18.3 Å². The van der Waals surface area contributed by atoms with Gasteiger partial charge in [-0.1, -0.05) is 11.6 Å². The number of nitrogens with zero attached hydrogens (tertiary/aromatic N) is 2. The number of alkyl halides is 3. The van der Waals surface area contributed by atoms with Gasteiger partial charge in [0.05, 0.1) is 16.5 Å². The van der Waals surface area contributed by atoms with Crippen molar-refractivity contribution in [2.75, 3.05) is 0 Å². The Morgan fingerprint density at radius 1 is 1.42 bits per heavy atom. The topological polar surface area (TPSA) is 25.2 Å². The molecule has 0 bridgehead atoms. The highest BCUT2D eigenvalue weighted by molar-refractivity contribution is 6.31. The molecule has 0 aliphatic carbocycles. The molecule has 0 saturated heterocycles. The lowest BCUT2D eigenvalue weighted by Crippen LogP contribution is -2.10. The molecule has 0 fully saturated rings. The number of pyridine rings is 1. The summed E-state index contributed by atoms with van der Waals surface area (Å²) < 4.78 is 50.8. The minimum Gasteiger partial charge on any atom is -0.272 e. The standard InChI is InChI=1S/C12H9ClF4N2/c1-7(14)5-8(6-18-2)10-4-3-9(13)11(19-10)12(15,16)17/h3-6H,2H2,1H3/b7-5+,8-6+. The maximum absolute atomic E-state index is 12.9. The lowest BCUT2D eigenvalue weighted by molar-refractivity contribution is -0.141. The van der Waals surface area contributed by atoms with Gasteiger partial charge in [-0.3, -0.25) is 4.99 Å². The molecular formula is C12H9ClF4N2. The molecule has 0 amide bonds. The van der Waals surface area contributed by atoms with E-state index in [0.29, 0.717) is 0 Å². The first-order valence-electron chi connectivity index (χ1n) is 4.99. The molecule has 0 aromatic carbocycles. The monoisotopic (exact) mass is 292 g/mol. The van der Waals surface area contributed by atoms with Gasteiger partial charge in [0.25, 0.3) is 0 Å². The van der Waals surface area contributed by atoms with Crippen LogP contribution in [0.2, 0.25) is 5.02 Å². The van der Waals surface area contributed by atoms with Crippen LogP contribution < -0.4 is 0 Å². The maximum Gasteiger partial charge on any atom is 0.434 e. The molecule has 1 rings (SSSR count). The normalized spacial score (nSPS) is 13.6. The highest BCUT2D eigenvalue weighted by Gasteiger charge is 2.35. The molecule has 0 unspecified atom stereocenters. The van der Waals surface area contributed by atoms with Crippen molar-refractivity contribution < 1.29 is 17.6 Å². The number of hydrogen-bond acceptors (Lipinski definition) is 2. The Kier molecular flexibility index (Phi) is 4.83. The van der Waals surface area contributed by atoms with Crippen molar-refractivity contribution in [2.45, 2.75) is 13.1 Å². The summed E-state index contributed by atoms with van der Waals surface area (Å²) in [5.41, 5.74) is -1.26. The van der Waals surface area contributed by atoms with Crippen molar-refractivity contribution in [3.05, 3.63) is 46.6 Å². The molecule has 1 aromatic rings. The average molecular weight is 293 g/mol. The van der Waals surface area contributed by atoms with Crippen molar-refractivity contribution in [3.63, 3.8) is 0 Å². The number of aliphatic imine (C=N–C) groups is 1. The Bertz CT molecular complexity index is 543. The summed E-state index contributed by atoms with van der Waals surface area (Å²) in [6, 6.07) is 2.29. The van der Waals surface area contributed by atoms with Crippen molar-refractivity contribution in [1.82, 2.24) is 4.98 Å². The molecule has 0 N–H and O–H groups in total. The first-order chi connectivity index (χ1) is 8.75. The summed E-state index contributed by atoms with van der Waals surface area (Å²) in [7, 11) is 0. The molecule has 2 nitrogen and oxygen atoms in total. The molecule has 0 spiro atoms. The molecule has 0 radical (unpaired) electrons. The molecule has 7 heteroatoms. The Hall–Kier alpha value is -1.69. The van der Waals surface area contributed by atoms with Gasteiger partial charge in [-0.2, -0.15) is 13.2 Å². The smallest absolute Gasteiger partial charge is 0.272 e. The summed E-state index contributed by atoms with van der Waals surface area (Å²) in [6.07, 6.45) is -2.57. The molecule has 19 heavy (non-hydrogen) atoms. The number of hydrogen-bond donors (Lipinski definition) is 0. The van der Waals surface area contributed by atoms with E-state index in [9.17, 15) is 17.6 Å². The maximum atomic E-state index is 12.9. The summed E-state index contributed by atoms with van der Waals surface area (Å²) in [4.78, 5) is 6.79. The van der Waals surface area contributed by atoms with E-state index in [4.69, 9.17) is 11.6 Å². The van der Waals surface area contributed by atoms with Gasteiger partial charge in [-0.15, -0.1) is 0 Å². The Morgan fingerprint density at radius 3 is 2.53 bits per heavy atom. The van der Waals surface area contributed by atoms with E-state index in [1.165, 1.54) is 6.07 Å². The van der Waals surface area contributed by atoms with Gasteiger partial charge in [0.15, 0.2) is 5.69 Å². The largest absolute Gasteiger partial charge is 0.434 e. The fourth-order valence-corrected chi connectivity index (χ4v) is 1.50. The first-order valence-corrected chi connectivity index (χ1v) is 5.37. The molecular weight excluding hydrogens is 284 g/mol. The summed E-state index contributed by atoms with van der Waals surface area (Å²) in [6.45, 7) is 4.32. The molecule has 0 saturated carbocycles. The van der Waals surface area contributed by atoms with Crippen molar-refractivity contribution >= 4 is 23.9 Å². The molecule has 1 aromatic heterocycles. The lowest BCUT2D eigenvalue weighted by atomic mass is 10.1. The van der Waals surface area contributed by atoms with Crippen LogP contribution in [0.25, 0.3) is 5.57 Å². The fourth-order valence-electron chi connectivity index (χ4n) is 1.29. The lowest BCUT2D eigenvalue weighted by Gasteiger charge is -2.10. The highest BCUT2D eigenvalue weighted by atomic mass is 35.5. The molecule has 0 aliphatic rings. The Morgan fingerprint density at radius 2 is 2.05 bits per heavy atom. The number of rotatable bonds is 3. The average Bonchev–Trinajstić information content (AvgIpc) is 2.27. The Labute approximate surface area is 112 Å². The molecule has 0 atom stereocenters. The van der Waals surface area contributed by atoms with Gasteiger partial charge in [-0.05, 0) is 31.9 Å². The zero-order chi connectivity index (χ0) is 14.6. The molecule has 102 valence electrons. The van der Waals surface area contributed by atoms with Crippen LogP contribution in [0.4, 0.5) is 17.6 Å². The van der Waals surface area contributed by atoms with Crippen LogP contribution in [0.15, 0.2) is 35.2 Å². The van der Waals surface area contributed by atoms with Gasteiger partial charge < -0.3 is 0 Å². The fraction of sp³-hybridized carbons (Fsp3) is 0.167. The van der Waals surface area contributed by atoms with E-state index in [0.717, 1.165) is 25.3 Å². The third kappa shape index (κ3) is 4.17. The minimum atomic E-state index is -4.69. The van der Waals surface area contributed by atoms with E-state index in [-0.39, 0.29) is 11.3 Å². The van der Waals surface area contributed by atoms with E-state index in [2.05, 4.69) is 16.7 Å². The van der Waals surface area contributed by atoms with Crippen LogP contribution in [0, 0.1) is 0 Å². The van der Waals surface area contributed by atoms with Gasteiger partial charge >= 0.3 is 6.18 Å². The quantitative estimate of drug-likeness (QED) is 0.451. The van der Waals surface area contributed by atoms with Crippen molar-refractivity contribution in [3.8, 4) is 0 Å². The van der Waals surface area contributed by atoms with Crippen LogP contribution in [-0.4, -0.2) is 11.7 Å². The molecule has 0 aliphatic heterocycles. The third-order valence-corrected chi connectivity index (χ3v) is 2.30. The summed E-state index contributed by atoms with van der Waals surface area (Å²) >= 11 is 5.44. The number of halogens is 5. The first kappa shape index (κ1) is 15.4. The number of aromatic nitrogens is 1. The van der Waals surface area contributed by atoms with Crippen molar-refractivity contribution in [1.29, 1.82) is 0 Å². The Balaban J connectivity index is 3.39. The number of allylic oxidation sites excluding steroid dienone is 3. The molecule has 1 heterocycles. The van der Waals surface area contributed by atoms with Gasteiger partial charge in [0.2, 0.25) is 0 Å².